The molecule has 6 nitrogen and oxygen atoms in total. The molecule has 0 unspecified atom stereocenters. The van der Waals surface area contributed by atoms with Crippen LogP contribution in [0, 0.1) is 0 Å². The zero-order valence-corrected chi connectivity index (χ0v) is 13.9. The molecule has 0 aliphatic carbocycles. The van der Waals surface area contributed by atoms with Gasteiger partial charge in [-0.2, -0.15) is 13.2 Å². The summed E-state index contributed by atoms with van der Waals surface area (Å²) in [5.74, 6) is 4.64. The number of nitrogens with two attached hydrogens (primary N) is 1. The van der Waals surface area contributed by atoms with Gasteiger partial charge in [-0.3, -0.25) is 10.2 Å². The van der Waals surface area contributed by atoms with E-state index in [0.717, 1.165) is 6.07 Å². The molecule has 0 aliphatic rings. The number of benzene rings is 1. The predicted molar refractivity (Wildman–Crippen MR) is 88.0 cm³/mol. The highest BCUT2D eigenvalue weighted by Crippen LogP contribution is 2.36. The van der Waals surface area contributed by atoms with Crippen LogP contribution in [0.1, 0.15) is 11.1 Å². The van der Waals surface area contributed by atoms with Crippen molar-refractivity contribution in [3.63, 3.8) is 0 Å². The molecule has 0 aliphatic heterocycles. The molecule has 0 saturated carbocycles. The Bertz CT molecular complexity index is 699. The maximum atomic E-state index is 13.0. The van der Waals surface area contributed by atoms with Gasteiger partial charge in [-0.05, 0) is 24.3 Å². The van der Waals surface area contributed by atoms with Crippen LogP contribution in [0.3, 0.4) is 0 Å². The molecular weight excluding hydrogens is 361 g/mol. The second-order valence-electron chi connectivity index (χ2n) is 4.44. The molecule has 25 heavy (non-hydrogen) atoms. The van der Waals surface area contributed by atoms with Crippen molar-refractivity contribution in [2.45, 2.75) is 12.8 Å². The summed E-state index contributed by atoms with van der Waals surface area (Å²) < 4.78 is 44.5. The number of alkyl halides is 3. The quantitative estimate of drug-likeness (QED) is 0.245. The number of rotatable bonds is 5. The maximum absolute atomic E-state index is 13.0. The summed E-state index contributed by atoms with van der Waals surface area (Å²) in [6.45, 7) is -0.267. The van der Waals surface area contributed by atoms with Crippen LogP contribution in [0.25, 0.3) is 0 Å². The van der Waals surface area contributed by atoms with E-state index in [1.165, 1.54) is 12.3 Å². The molecule has 0 bridgehead atoms. The van der Waals surface area contributed by atoms with E-state index < -0.39 is 11.7 Å². The molecule has 0 radical (unpaired) electrons. The molecule has 0 atom stereocenters. The Labute approximate surface area is 147 Å². The molecule has 0 fully saturated rings. The number of anilines is 1. The molecular formula is C15H16ClF3N4O2. The van der Waals surface area contributed by atoms with Gasteiger partial charge in [0.25, 0.3) is 0 Å². The predicted octanol–water partition coefficient (Wildman–Crippen LogP) is 2.98. The van der Waals surface area contributed by atoms with Crippen molar-refractivity contribution in [1.82, 2.24) is 10.4 Å². The summed E-state index contributed by atoms with van der Waals surface area (Å²) in [5, 5.41) is 2.83. The number of carbonyl (C=O) groups is 1. The second kappa shape index (κ2) is 9.70. The lowest BCUT2D eigenvalue weighted by molar-refractivity contribution is -0.138. The summed E-state index contributed by atoms with van der Waals surface area (Å²) in [6.07, 6.45) is -2.58. The van der Waals surface area contributed by atoms with Crippen LogP contribution in [0.5, 0.6) is 5.75 Å². The molecule has 2 aromatic rings. The lowest BCUT2D eigenvalue weighted by atomic mass is 10.1. The van der Waals surface area contributed by atoms with Gasteiger partial charge in [0.2, 0.25) is 6.41 Å². The van der Waals surface area contributed by atoms with Crippen molar-refractivity contribution >= 4 is 23.7 Å². The van der Waals surface area contributed by atoms with Crippen LogP contribution in [0.15, 0.2) is 36.5 Å². The number of halogens is 4. The zero-order chi connectivity index (χ0) is 18.9. The number of carbonyl (C=O) groups excluding carboxylic acids is 1. The number of hydrazine groups is 1. The summed E-state index contributed by atoms with van der Waals surface area (Å²) in [4.78, 5) is 12.7. The SMILES string of the molecule is CNc1cccc(C(F)(F)F)c1COc1cccnc1Cl.NNC=O. The molecule has 4 N–H and O–H groups in total. The highest BCUT2D eigenvalue weighted by molar-refractivity contribution is 6.30. The first kappa shape index (κ1) is 20.5. The van der Waals surface area contributed by atoms with E-state index in [4.69, 9.17) is 21.1 Å². The van der Waals surface area contributed by atoms with Crippen LogP contribution >= 0.6 is 11.6 Å². The van der Waals surface area contributed by atoms with Crippen LogP contribution in [-0.4, -0.2) is 18.4 Å². The Morgan fingerprint density at radius 3 is 2.52 bits per heavy atom. The molecule has 1 heterocycles. The Hall–Kier alpha value is -2.52. The number of amides is 1. The van der Waals surface area contributed by atoms with Crippen molar-refractivity contribution < 1.29 is 22.7 Å². The van der Waals surface area contributed by atoms with E-state index in [1.807, 2.05) is 0 Å². The fourth-order valence-electron chi connectivity index (χ4n) is 1.87. The lowest BCUT2D eigenvalue weighted by Gasteiger charge is -2.17. The summed E-state index contributed by atoms with van der Waals surface area (Å²) in [5.41, 5.74) is 1.38. The van der Waals surface area contributed by atoms with Gasteiger partial charge in [-0.25, -0.2) is 10.8 Å². The Morgan fingerprint density at radius 2 is 2.00 bits per heavy atom. The van der Waals surface area contributed by atoms with Crippen LogP contribution in [0.4, 0.5) is 18.9 Å². The highest BCUT2D eigenvalue weighted by atomic mass is 35.5. The molecule has 0 saturated heterocycles. The van der Waals surface area contributed by atoms with Crippen molar-refractivity contribution in [1.29, 1.82) is 0 Å². The molecule has 0 spiro atoms. The number of nitrogens with zero attached hydrogens (tertiary/aromatic N) is 1. The van der Waals surface area contributed by atoms with Crippen molar-refractivity contribution in [3.05, 3.63) is 52.8 Å². The van der Waals surface area contributed by atoms with Crippen molar-refractivity contribution in [2.75, 3.05) is 12.4 Å². The van der Waals surface area contributed by atoms with Crippen LogP contribution < -0.4 is 21.3 Å². The Kier molecular flexibility index (Phi) is 7.96. The third-order valence-electron chi connectivity index (χ3n) is 2.92. The van der Waals surface area contributed by atoms with E-state index in [-0.39, 0.29) is 23.1 Å². The van der Waals surface area contributed by atoms with Gasteiger partial charge < -0.3 is 10.1 Å². The van der Waals surface area contributed by atoms with Gasteiger partial charge in [0.15, 0.2) is 10.9 Å². The van der Waals surface area contributed by atoms with Gasteiger partial charge >= 0.3 is 6.18 Å². The highest BCUT2D eigenvalue weighted by Gasteiger charge is 2.34. The minimum absolute atomic E-state index is 0.0208. The lowest BCUT2D eigenvalue weighted by Crippen LogP contribution is -2.18. The Balaban J connectivity index is 0.000000705. The van der Waals surface area contributed by atoms with Crippen LogP contribution in [-0.2, 0) is 17.6 Å². The van der Waals surface area contributed by atoms with E-state index in [2.05, 4.69) is 16.1 Å². The fraction of sp³-hybridized carbons (Fsp3) is 0.200. The molecule has 2 rings (SSSR count). The number of hydrogen-bond donors (Lipinski definition) is 3. The first-order valence-corrected chi connectivity index (χ1v) is 7.22. The minimum Gasteiger partial charge on any atom is -0.486 e. The van der Waals surface area contributed by atoms with Gasteiger partial charge in [0.1, 0.15) is 6.61 Å². The third-order valence-corrected chi connectivity index (χ3v) is 3.20. The summed E-state index contributed by atoms with van der Waals surface area (Å²) >= 11 is 5.82. The molecule has 10 heteroatoms. The zero-order valence-electron chi connectivity index (χ0n) is 13.1. The summed E-state index contributed by atoms with van der Waals surface area (Å²) in [7, 11) is 1.55. The first-order chi connectivity index (χ1) is 11.8. The normalized spacial score (nSPS) is 10.3. The number of pyridine rings is 1. The van der Waals surface area contributed by atoms with E-state index in [9.17, 15) is 13.2 Å². The largest absolute Gasteiger partial charge is 0.486 e. The van der Waals surface area contributed by atoms with Gasteiger partial charge in [-0.15, -0.1) is 0 Å². The van der Waals surface area contributed by atoms with Gasteiger partial charge in [0, 0.05) is 24.5 Å². The number of aromatic nitrogens is 1. The number of nitrogens with one attached hydrogen (secondary N) is 2. The standard InChI is InChI=1S/C14H12ClF3N2O.CH4N2O/c1-19-11-5-2-4-10(14(16,17)18)9(11)8-21-12-6-3-7-20-13(12)15;2-3-1-4/h2-7,19H,8H2,1H3;1H,2H2,(H,3,4). The minimum atomic E-state index is -4.45. The molecule has 1 aromatic carbocycles. The second-order valence-corrected chi connectivity index (χ2v) is 4.80. The third kappa shape index (κ3) is 6.12. The molecule has 136 valence electrons. The number of hydrogen-bond acceptors (Lipinski definition) is 5. The van der Waals surface area contributed by atoms with Gasteiger partial charge in [0.05, 0.1) is 5.56 Å². The summed E-state index contributed by atoms with van der Waals surface area (Å²) in [6, 6.07) is 7.05. The average Bonchev–Trinajstić information content (AvgIpc) is 2.60. The van der Waals surface area contributed by atoms with Crippen molar-refractivity contribution in [2.24, 2.45) is 5.84 Å². The molecule has 1 amide bonds. The maximum Gasteiger partial charge on any atom is 0.416 e. The average molecular weight is 377 g/mol. The number of ether oxygens (including phenoxy) is 1. The van der Waals surface area contributed by atoms with E-state index >= 15 is 0 Å². The monoisotopic (exact) mass is 376 g/mol. The first-order valence-electron chi connectivity index (χ1n) is 6.85. The van der Waals surface area contributed by atoms with E-state index in [0.29, 0.717) is 12.1 Å². The van der Waals surface area contributed by atoms with Crippen molar-refractivity contribution in [3.8, 4) is 5.75 Å². The Morgan fingerprint density at radius 1 is 1.32 bits per heavy atom. The molecule has 1 aromatic heterocycles. The van der Waals surface area contributed by atoms with Crippen LogP contribution in [0.2, 0.25) is 5.15 Å². The van der Waals surface area contributed by atoms with Gasteiger partial charge in [-0.1, -0.05) is 17.7 Å². The van der Waals surface area contributed by atoms with E-state index in [1.54, 1.807) is 30.7 Å². The smallest absolute Gasteiger partial charge is 0.416 e. The fourth-order valence-corrected chi connectivity index (χ4v) is 2.04. The topological polar surface area (TPSA) is 89.3 Å².